The van der Waals surface area contributed by atoms with Gasteiger partial charge in [0.2, 0.25) is 5.88 Å². The van der Waals surface area contributed by atoms with Crippen molar-refractivity contribution in [2.75, 3.05) is 12.4 Å². The molecule has 4 rings (SSSR count). The van der Waals surface area contributed by atoms with E-state index in [4.69, 9.17) is 4.74 Å². The fraction of sp³-hybridized carbons (Fsp3) is 0.400. The molecule has 1 aliphatic carbocycles. The predicted octanol–water partition coefficient (Wildman–Crippen LogP) is 2.86. The summed E-state index contributed by atoms with van der Waals surface area (Å²) < 4.78 is 8.00. The lowest BCUT2D eigenvalue weighted by Crippen LogP contribution is -2.22. The number of para-hydroxylation sites is 2. The molecule has 5 nitrogen and oxygen atoms in total. The van der Waals surface area contributed by atoms with Crippen LogP contribution in [-0.4, -0.2) is 27.5 Å². The van der Waals surface area contributed by atoms with Crippen LogP contribution in [0.15, 0.2) is 24.3 Å². The third-order valence-electron chi connectivity index (χ3n) is 4.04. The first-order chi connectivity index (χ1) is 9.72. The molecule has 1 aromatic heterocycles. The Morgan fingerprint density at radius 3 is 3.00 bits per heavy atom. The Kier molecular flexibility index (Phi) is 2.50. The summed E-state index contributed by atoms with van der Waals surface area (Å²) in [4.78, 5) is 7.05. The topological polar surface area (TPSA) is 42.3 Å². The fourth-order valence-electron chi connectivity index (χ4n) is 2.63. The molecule has 2 heterocycles. The highest BCUT2D eigenvalue weighted by atomic mass is 16.5. The van der Waals surface area contributed by atoms with Gasteiger partial charge in [0.15, 0.2) is 11.6 Å². The molecular formula is C15H18N4O. The number of aromatic nitrogens is 2. The van der Waals surface area contributed by atoms with Gasteiger partial charge in [-0.3, -0.25) is 9.47 Å². The van der Waals surface area contributed by atoms with Gasteiger partial charge < -0.3 is 10.1 Å². The van der Waals surface area contributed by atoms with E-state index in [9.17, 15) is 0 Å². The molecule has 1 aliphatic heterocycles. The van der Waals surface area contributed by atoms with Gasteiger partial charge in [-0.1, -0.05) is 12.1 Å². The van der Waals surface area contributed by atoms with E-state index < -0.39 is 0 Å². The SMILES string of the molecule is CN(Cc1nc2c(n1C)Oc1ccccc1N2)C1CC1. The Balaban J connectivity index is 1.64. The first kappa shape index (κ1) is 11.8. The minimum atomic E-state index is 0.731. The number of nitrogens with zero attached hydrogens (tertiary/aromatic N) is 3. The van der Waals surface area contributed by atoms with E-state index in [0.717, 1.165) is 41.5 Å². The van der Waals surface area contributed by atoms with Crippen molar-refractivity contribution in [3.63, 3.8) is 0 Å². The standard InChI is InChI=1S/C15H18N4O/c1-18(10-7-8-10)9-13-17-14-15(19(13)2)20-12-6-4-3-5-11(12)16-14/h3-6,10,16H,7-9H2,1-2H3. The number of anilines is 2. The van der Waals surface area contributed by atoms with Gasteiger partial charge in [-0.15, -0.1) is 0 Å². The summed E-state index contributed by atoms with van der Waals surface area (Å²) >= 11 is 0. The molecule has 0 radical (unpaired) electrons. The van der Waals surface area contributed by atoms with E-state index in [1.807, 2.05) is 35.9 Å². The number of benzene rings is 1. The van der Waals surface area contributed by atoms with Crippen LogP contribution >= 0.6 is 0 Å². The summed E-state index contributed by atoms with van der Waals surface area (Å²) in [7, 11) is 4.17. The second-order valence-corrected chi connectivity index (χ2v) is 5.61. The van der Waals surface area contributed by atoms with Gasteiger partial charge in [0.25, 0.3) is 0 Å². The van der Waals surface area contributed by atoms with Crippen molar-refractivity contribution in [1.29, 1.82) is 0 Å². The molecule has 0 amide bonds. The maximum atomic E-state index is 5.97. The van der Waals surface area contributed by atoms with Crippen molar-refractivity contribution < 1.29 is 4.74 Å². The van der Waals surface area contributed by atoms with Crippen molar-refractivity contribution in [1.82, 2.24) is 14.5 Å². The highest BCUT2D eigenvalue weighted by molar-refractivity contribution is 5.71. The highest BCUT2D eigenvalue weighted by Gasteiger charge is 2.29. The van der Waals surface area contributed by atoms with E-state index in [2.05, 4.69) is 22.2 Å². The van der Waals surface area contributed by atoms with Gasteiger partial charge >= 0.3 is 0 Å². The summed E-state index contributed by atoms with van der Waals surface area (Å²) in [6.45, 7) is 0.857. The van der Waals surface area contributed by atoms with Gasteiger partial charge in [-0.25, -0.2) is 4.98 Å². The first-order valence-corrected chi connectivity index (χ1v) is 7.02. The number of nitrogens with one attached hydrogen (secondary N) is 1. The molecule has 1 N–H and O–H groups in total. The van der Waals surface area contributed by atoms with Crippen LogP contribution in [0.1, 0.15) is 18.7 Å². The van der Waals surface area contributed by atoms with Crippen molar-refractivity contribution in [3.8, 4) is 11.6 Å². The lowest BCUT2D eigenvalue weighted by atomic mass is 10.3. The third kappa shape index (κ3) is 1.86. The maximum absolute atomic E-state index is 5.97. The molecule has 1 fully saturated rings. The zero-order valence-electron chi connectivity index (χ0n) is 11.8. The monoisotopic (exact) mass is 270 g/mol. The summed E-state index contributed by atoms with van der Waals surface area (Å²) in [6.07, 6.45) is 2.61. The van der Waals surface area contributed by atoms with Crippen molar-refractivity contribution in [2.24, 2.45) is 7.05 Å². The Morgan fingerprint density at radius 2 is 2.20 bits per heavy atom. The molecule has 1 saturated carbocycles. The summed E-state index contributed by atoms with van der Waals surface area (Å²) in [5, 5.41) is 3.34. The van der Waals surface area contributed by atoms with E-state index in [1.54, 1.807) is 0 Å². The van der Waals surface area contributed by atoms with Crippen LogP contribution in [0, 0.1) is 0 Å². The van der Waals surface area contributed by atoms with Crippen LogP contribution in [0.4, 0.5) is 11.5 Å². The molecule has 20 heavy (non-hydrogen) atoms. The summed E-state index contributed by atoms with van der Waals surface area (Å²) in [6, 6.07) is 8.67. The highest BCUT2D eigenvalue weighted by Crippen LogP contribution is 2.41. The number of hydrogen-bond acceptors (Lipinski definition) is 4. The van der Waals surface area contributed by atoms with Crippen molar-refractivity contribution in [2.45, 2.75) is 25.4 Å². The molecule has 5 heteroatoms. The number of imidazole rings is 1. The van der Waals surface area contributed by atoms with E-state index in [1.165, 1.54) is 12.8 Å². The normalized spacial score (nSPS) is 16.4. The zero-order valence-corrected chi connectivity index (χ0v) is 11.8. The molecule has 1 aromatic carbocycles. The molecule has 0 unspecified atom stereocenters. The largest absolute Gasteiger partial charge is 0.435 e. The quantitative estimate of drug-likeness (QED) is 0.794. The second-order valence-electron chi connectivity index (χ2n) is 5.61. The van der Waals surface area contributed by atoms with Crippen LogP contribution in [0.5, 0.6) is 11.6 Å². The summed E-state index contributed by atoms with van der Waals surface area (Å²) in [5.41, 5.74) is 0.972. The predicted molar refractivity (Wildman–Crippen MR) is 77.5 cm³/mol. The van der Waals surface area contributed by atoms with Crippen LogP contribution in [0.25, 0.3) is 0 Å². The zero-order chi connectivity index (χ0) is 13.7. The van der Waals surface area contributed by atoms with Crippen LogP contribution in [0.3, 0.4) is 0 Å². The van der Waals surface area contributed by atoms with Gasteiger partial charge in [0, 0.05) is 13.1 Å². The van der Waals surface area contributed by atoms with Gasteiger partial charge in [-0.05, 0) is 32.0 Å². The lowest BCUT2D eigenvalue weighted by Gasteiger charge is -2.18. The molecular weight excluding hydrogens is 252 g/mol. The van der Waals surface area contributed by atoms with Crippen molar-refractivity contribution >= 4 is 11.5 Å². The smallest absolute Gasteiger partial charge is 0.244 e. The van der Waals surface area contributed by atoms with Crippen molar-refractivity contribution in [3.05, 3.63) is 30.1 Å². The first-order valence-electron chi connectivity index (χ1n) is 7.02. The molecule has 0 bridgehead atoms. The van der Waals surface area contributed by atoms with Crippen LogP contribution in [0.2, 0.25) is 0 Å². The lowest BCUT2D eigenvalue weighted by molar-refractivity contribution is 0.302. The Morgan fingerprint density at radius 1 is 1.40 bits per heavy atom. The molecule has 0 spiro atoms. The van der Waals surface area contributed by atoms with E-state index in [-0.39, 0.29) is 0 Å². The van der Waals surface area contributed by atoms with Gasteiger partial charge in [0.1, 0.15) is 5.82 Å². The van der Waals surface area contributed by atoms with E-state index >= 15 is 0 Å². The van der Waals surface area contributed by atoms with Gasteiger partial charge in [-0.2, -0.15) is 0 Å². The number of fused-ring (bicyclic) bond motifs is 2. The van der Waals surface area contributed by atoms with Gasteiger partial charge in [0.05, 0.1) is 12.2 Å². The van der Waals surface area contributed by atoms with Crippen LogP contribution < -0.4 is 10.1 Å². The molecule has 2 aliphatic rings. The number of ether oxygens (including phenoxy) is 1. The molecule has 2 aromatic rings. The summed E-state index contributed by atoms with van der Waals surface area (Å²) in [5.74, 6) is 3.49. The average molecular weight is 270 g/mol. The second kappa shape index (κ2) is 4.24. The Bertz CT molecular complexity index is 660. The molecule has 0 atom stereocenters. The van der Waals surface area contributed by atoms with E-state index in [0.29, 0.717) is 0 Å². The Hall–Kier alpha value is -2.01. The molecule has 0 saturated heterocycles. The third-order valence-corrected chi connectivity index (χ3v) is 4.04. The van der Waals surface area contributed by atoms with Crippen LogP contribution in [-0.2, 0) is 13.6 Å². The Labute approximate surface area is 118 Å². The average Bonchev–Trinajstić information content (AvgIpc) is 3.26. The number of rotatable bonds is 3. The minimum Gasteiger partial charge on any atom is -0.435 e. The fourth-order valence-corrected chi connectivity index (χ4v) is 2.63. The molecule has 104 valence electrons. The maximum Gasteiger partial charge on any atom is 0.244 e. The minimum absolute atomic E-state index is 0.731. The number of hydrogen-bond donors (Lipinski definition) is 1.